The predicted molar refractivity (Wildman–Crippen MR) is 57.6 cm³/mol. The van der Waals surface area contributed by atoms with Gasteiger partial charge in [0.25, 0.3) is 0 Å². The molecule has 2 heterocycles. The standard InChI is InChI=1S/C11H11N3O/c1-7-5-12-4-3-9(7)10-8(2)6-13-11(15)14-10/h3-6H,1-2H3,(H,13,14,15). The maximum Gasteiger partial charge on any atom is 0.345 e. The average molecular weight is 201 g/mol. The van der Waals surface area contributed by atoms with Crippen LogP contribution in [-0.2, 0) is 0 Å². The minimum atomic E-state index is -0.327. The molecule has 1 N–H and O–H groups in total. The molecule has 0 amide bonds. The highest BCUT2D eigenvalue weighted by Crippen LogP contribution is 2.21. The molecule has 15 heavy (non-hydrogen) atoms. The number of rotatable bonds is 1. The summed E-state index contributed by atoms with van der Waals surface area (Å²) in [5.74, 6) is 0. The van der Waals surface area contributed by atoms with Gasteiger partial charge in [-0.25, -0.2) is 9.78 Å². The maximum absolute atomic E-state index is 11.1. The summed E-state index contributed by atoms with van der Waals surface area (Å²) in [7, 11) is 0. The molecule has 0 unspecified atom stereocenters. The zero-order valence-electron chi connectivity index (χ0n) is 8.61. The molecular weight excluding hydrogens is 190 g/mol. The maximum atomic E-state index is 11.1. The molecule has 0 bridgehead atoms. The number of nitrogens with zero attached hydrogens (tertiary/aromatic N) is 2. The van der Waals surface area contributed by atoms with Gasteiger partial charge in [0.1, 0.15) is 0 Å². The Balaban J connectivity index is 2.69. The monoisotopic (exact) mass is 201 g/mol. The van der Waals surface area contributed by atoms with E-state index in [4.69, 9.17) is 0 Å². The van der Waals surface area contributed by atoms with Crippen molar-refractivity contribution in [3.8, 4) is 11.3 Å². The fourth-order valence-electron chi connectivity index (χ4n) is 1.49. The van der Waals surface area contributed by atoms with Crippen molar-refractivity contribution in [3.05, 3.63) is 46.3 Å². The molecule has 4 heteroatoms. The third-order valence-corrected chi connectivity index (χ3v) is 2.29. The van der Waals surface area contributed by atoms with Crippen molar-refractivity contribution in [3.63, 3.8) is 0 Å². The van der Waals surface area contributed by atoms with Crippen LogP contribution in [0.25, 0.3) is 11.3 Å². The van der Waals surface area contributed by atoms with Crippen LogP contribution in [-0.4, -0.2) is 15.0 Å². The first-order valence-corrected chi connectivity index (χ1v) is 4.65. The van der Waals surface area contributed by atoms with Crippen LogP contribution in [0.2, 0.25) is 0 Å². The van der Waals surface area contributed by atoms with Crippen LogP contribution in [0.4, 0.5) is 0 Å². The van der Waals surface area contributed by atoms with E-state index in [1.807, 2.05) is 19.9 Å². The Morgan fingerprint density at radius 3 is 2.73 bits per heavy atom. The normalized spacial score (nSPS) is 10.3. The Morgan fingerprint density at radius 2 is 2.00 bits per heavy atom. The minimum absolute atomic E-state index is 0.327. The largest absolute Gasteiger partial charge is 0.345 e. The van der Waals surface area contributed by atoms with Crippen molar-refractivity contribution < 1.29 is 0 Å². The van der Waals surface area contributed by atoms with Crippen LogP contribution in [0.3, 0.4) is 0 Å². The molecule has 0 aromatic carbocycles. The summed E-state index contributed by atoms with van der Waals surface area (Å²) in [5, 5.41) is 0. The van der Waals surface area contributed by atoms with E-state index in [0.717, 1.165) is 22.4 Å². The zero-order valence-corrected chi connectivity index (χ0v) is 8.61. The van der Waals surface area contributed by atoms with Crippen molar-refractivity contribution >= 4 is 0 Å². The van der Waals surface area contributed by atoms with Gasteiger partial charge in [0.05, 0.1) is 5.69 Å². The third kappa shape index (κ3) is 1.79. The fourth-order valence-corrected chi connectivity index (χ4v) is 1.49. The average Bonchev–Trinajstić information content (AvgIpc) is 2.23. The second-order valence-corrected chi connectivity index (χ2v) is 3.44. The molecular formula is C11H11N3O. The summed E-state index contributed by atoms with van der Waals surface area (Å²) in [4.78, 5) is 21.6. The van der Waals surface area contributed by atoms with Crippen molar-refractivity contribution in [2.45, 2.75) is 13.8 Å². The molecule has 4 nitrogen and oxygen atoms in total. The van der Waals surface area contributed by atoms with E-state index in [0.29, 0.717) is 0 Å². The Bertz CT molecular complexity index is 546. The van der Waals surface area contributed by atoms with E-state index in [1.165, 1.54) is 0 Å². The van der Waals surface area contributed by atoms with E-state index in [1.54, 1.807) is 18.6 Å². The molecule has 0 saturated carbocycles. The number of hydrogen-bond acceptors (Lipinski definition) is 3. The molecule has 0 aliphatic rings. The van der Waals surface area contributed by atoms with Crippen LogP contribution < -0.4 is 5.69 Å². The molecule has 0 spiro atoms. The van der Waals surface area contributed by atoms with Gasteiger partial charge in [-0.05, 0) is 31.0 Å². The van der Waals surface area contributed by atoms with Gasteiger partial charge in [0.15, 0.2) is 0 Å². The van der Waals surface area contributed by atoms with Gasteiger partial charge in [0.2, 0.25) is 0 Å². The lowest BCUT2D eigenvalue weighted by atomic mass is 10.1. The van der Waals surface area contributed by atoms with Gasteiger partial charge in [-0.15, -0.1) is 0 Å². The van der Waals surface area contributed by atoms with Gasteiger partial charge >= 0.3 is 5.69 Å². The zero-order chi connectivity index (χ0) is 10.8. The molecule has 2 rings (SSSR count). The number of aromatic nitrogens is 3. The summed E-state index contributed by atoms with van der Waals surface area (Å²) in [6, 6.07) is 1.88. The lowest BCUT2D eigenvalue weighted by Gasteiger charge is -2.06. The van der Waals surface area contributed by atoms with Crippen molar-refractivity contribution in [1.82, 2.24) is 15.0 Å². The molecule has 0 saturated heterocycles. The van der Waals surface area contributed by atoms with Crippen LogP contribution in [0.5, 0.6) is 0 Å². The van der Waals surface area contributed by atoms with Crippen molar-refractivity contribution in [1.29, 1.82) is 0 Å². The predicted octanol–water partition coefficient (Wildman–Crippen LogP) is 1.45. The van der Waals surface area contributed by atoms with Crippen LogP contribution in [0.1, 0.15) is 11.1 Å². The van der Waals surface area contributed by atoms with Gasteiger partial charge in [-0.3, -0.25) is 4.98 Å². The first kappa shape index (κ1) is 9.58. The number of pyridine rings is 1. The van der Waals surface area contributed by atoms with E-state index in [-0.39, 0.29) is 5.69 Å². The molecule has 2 aromatic heterocycles. The smallest absolute Gasteiger partial charge is 0.305 e. The van der Waals surface area contributed by atoms with Gasteiger partial charge < -0.3 is 4.98 Å². The number of aromatic amines is 1. The Morgan fingerprint density at radius 1 is 1.20 bits per heavy atom. The van der Waals surface area contributed by atoms with Gasteiger partial charge in [-0.1, -0.05) is 0 Å². The minimum Gasteiger partial charge on any atom is -0.305 e. The topological polar surface area (TPSA) is 58.6 Å². The Kier molecular flexibility index (Phi) is 2.33. The lowest BCUT2D eigenvalue weighted by Crippen LogP contribution is -2.11. The molecule has 0 aliphatic carbocycles. The molecule has 0 atom stereocenters. The highest BCUT2D eigenvalue weighted by Gasteiger charge is 2.05. The molecule has 76 valence electrons. The van der Waals surface area contributed by atoms with Gasteiger partial charge in [0, 0.05) is 24.2 Å². The molecule has 0 radical (unpaired) electrons. The first-order chi connectivity index (χ1) is 7.18. The molecule has 2 aromatic rings. The van der Waals surface area contributed by atoms with Crippen molar-refractivity contribution in [2.24, 2.45) is 0 Å². The summed E-state index contributed by atoms with van der Waals surface area (Å²) in [6.07, 6.45) is 5.06. The van der Waals surface area contributed by atoms with E-state index >= 15 is 0 Å². The van der Waals surface area contributed by atoms with Crippen LogP contribution in [0.15, 0.2) is 29.5 Å². The van der Waals surface area contributed by atoms with Gasteiger partial charge in [-0.2, -0.15) is 0 Å². The molecule has 0 fully saturated rings. The van der Waals surface area contributed by atoms with Crippen LogP contribution in [0, 0.1) is 13.8 Å². The quantitative estimate of drug-likeness (QED) is 0.759. The number of H-pyrrole nitrogens is 1. The van der Waals surface area contributed by atoms with E-state index in [9.17, 15) is 4.79 Å². The number of aryl methyl sites for hydroxylation is 2. The second-order valence-electron chi connectivity index (χ2n) is 3.44. The Labute approximate surface area is 87.0 Å². The number of hydrogen-bond donors (Lipinski definition) is 1. The SMILES string of the molecule is Cc1cnccc1-c1[nH]c(=O)ncc1C. The summed E-state index contributed by atoms with van der Waals surface area (Å²) in [6.45, 7) is 3.87. The summed E-state index contributed by atoms with van der Waals surface area (Å²) < 4.78 is 0. The Hall–Kier alpha value is -1.97. The summed E-state index contributed by atoms with van der Waals surface area (Å²) in [5.41, 5.74) is 3.45. The molecule has 0 aliphatic heterocycles. The first-order valence-electron chi connectivity index (χ1n) is 4.65. The third-order valence-electron chi connectivity index (χ3n) is 2.29. The number of nitrogens with one attached hydrogen (secondary N) is 1. The second kappa shape index (κ2) is 3.65. The van der Waals surface area contributed by atoms with E-state index < -0.39 is 0 Å². The highest BCUT2D eigenvalue weighted by atomic mass is 16.1. The highest BCUT2D eigenvalue weighted by molar-refractivity contribution is 5.64. The van der Waals surface area contributed by atoms with Crippen molar-refractivity contribution in [2.75, 3.05) is 0 Å². The summed E-state index contributed by atoms with van der Waals surface area (Å²) >= 11 is 0. The van der Waals surface area contributed by atoms with Crippen LogP contribution >= 0.6 is 0 Å². The fraction of sp³-hybridized carbons (Fsp3) is 0.182. The van der Waals surface area contributed by atoms with E-state index in [2.05, 4.69) is 15.0 Å². The lowest BCUT2D eigenvalue weighted by molar-refractivity contribution is 1.05.